The SMILES string of the molecule is CS(=O)(=O)c1ccc(S(=O)(=O)N=C(N)N)cc1. The zero-order valence-corrected chi connectivity index (χ0v) is 10.5. The maximum absolute atomic E-state index is 11.5. The second kappa shape index (κ2) is 4.34. The fourth-order valence-corrected chi connectivity index (χ4v) is 2.54. The number of guanidine groups is 1. The molecule has 0 saturated carbocycles. The van der Waals surface area contributed by atoms with Crippen LogP contribution in [0.2, 0.25) is 0 Å². The molecule has 4 N–H and O–H groups in total. The highest BCUT2D eigenvalue weighted by Gasteiger charge is 2.14. The molecule has 0 heterocycles. The van der Waals surface area contributed by atoms with E-state index in [1.807, 2.05) is 0 Å². The van der Waals surface area contributed by atoms with Gasteiger partial charge < -0.3 is 11.5 Å². The normalized spacial score (nSPS) is 12.1. The second-order valence-corrected chi connectivity index (χ2v) is 6.85. The van der Waals surface area contributed by atoms with Gasteiger partial charge in [-0.2, -0.15) is 8.42 Å². The van der Waals surface area contributed by atoms with Gasteiger partial charge in [0.2, 0.25) is 5.96 Å². The Morgan fingerprint density at radius 1 is 1.00 bits per heavy atom. The molecule has 1 rings (SSSR count). The Kier molecular flexibility index (Phi) is 3.43. The zero-order valence-electron chi connectivity index (χ0n) is 8.86. The van der Waals surface area contributed by atoms with Crippen LogP contribution in [0.5, 0.6) is 0 Å². The molecule has 0 atom stereocenters. The van der Waals surface area contributed by atoms with Gasteiger partial charge in [-0.25, -0.2) is 8.42 Å². The summed E-state index contributed by atoms with van der Waals surface area (Å²) in [7, 11) is -7.35. The lowest BCUT2D eigenvalue weighted by molar-refractivity contribution is 0.595. The Labute approximate surface area is 99.1 Å². The summed E-state index contributed by atoms with van der Waals surface area (Å²) >= 11 is 0. The fourth-order valence-electron chi connectivity index (χ4n) is 1.05. The Bertz CT molecular complexity index is 641. The Balaban J connectivity index is 3.26. The lowest BCUT2D eigenvalue weighted by Gasteiger charge is -2.01. The van der Waals surface area contributed by atoms with Crippen LogP contribution < -0.4 is 11.5 Å². The highest BCUT2D eigenvalue weighted by molar-refractivity contribution is 7.91. The quantitative estimate of drug-likeness (QED) is 0.540. The van der Waals surface area contributed by atoms with Crippen LogP contribution in [0.15, 0.2) is 38.5 Å². The second-order valence-electron chi connectivity index (χ2n) is 3.23. The molecule has 0 unspecified atom stereocenters. The van der Waals surface area contributed by atoms with Crippen molar-refractivity contribution >= 4 is 25.8 Å². The van der Waals surface area contributed by atoms with Gasteiger partial charge in [0.05, 0.1) is 9.79 Å². The van der Waals surface area contributed by atoms with Crippen molar-refractivity contribution < 1.29 is 16.8 Å². The third-order valence-electron chi connectivity index (χ3n) is 1.78. The number of nitrogens with two attached hydrogens (primary N) is 2. The largest absolute Gasteiger partial charge is 0.369 e. The number of nitrogens with zero attached hydrogens (tertiary/aromatic N) is 1. The average Bonchev–Trinajstić information content (AvgIpc) is 2.14. The van der Waals surface area contributed by atoms with Crippen LogP contribution in [0.3, 0.4) is 0 Å². The monoisotopic (exact) mass is 277 g/mol. The van der Waals surface area contributed by atoms with E-state index in [-0.39, 0.29) is 9.79 Å². The summed E-state index contributed by atoms with van der Waals surface area (Å²) in [6, 6.07) is 4.59. The molecule has 17 heavy (non-hydrogen) atoms. The van der Waals surface area contributed by atoms with Crippen LogP contribution in [-0.2, 0) is 19.9 Å². The lowest BCUT2D eigenvalue weighted by Crippen LogP contribution is -2.24. The summed E-state index contributed by atoms with van der Waals surface area (Å²) in [5.74, 6) is -0.586. The number of rotatable bonds is 3. The van der Waals surface area contributed by atoms with Gasteiger partial charge >= 0.3 is 0 Å². The minimum absolute atomic E-state index is 0.0150. The number of sulfonamides is 1. The predicted molar refractivity (Wildman–Crippen MR) is 62.5 cm³/mol. The Morgan fingerprint density at radius 2 is 1.41 bits per heavy atom. The molecule has 7 nitrogen and oxygen atoms in total. The van der Waals surface area contributed by atoms with Gasteiger partial charge in [0.1, 0.15) is 0 Å². The standard InChI is InChI=1S/C8H11N3O4S2/c1-16(12,13)6-2-4-7(5-3-6)17(14,15)11-8(9)10/h2-5H,1H3,(H4,9,10,11). The minimum Gasteiger partial charge on any atom is -0.369 e. The highest BCUT2D eigenvalue weighted by Crippen LogP contribution is 2.15. The van der Waals surface area contributed by atoms with Gasteiger partial charge in [-0.15, -0.1) is 4.40 Å². The van der Waals surface area contributed by atoms with Crippen molar-refractivity contribution in [1.82, 2.24) is 0 Å². The molecule has 1 aromatic carbocycles. The van der Waals surface area contributed by atoms with E-state index in [2.05, 4.69) is 4.40 Å². The van der Waals surface area contributed by atoms with E-state index in [1.165, 1.54) is 12.1 Å². The molecule has 0 spiro atoms. The van der Waals surface area contributed by atoms with Crippen molar-refractivity contribution in [2.75, 3.05) is 6.26 Å². The molecular formula is C8H11N3O4S2. The van der Waals surface area contributed by atoms with E-state index in [1.54, 1.807) is 0 Å². The average molecular weight is 277 g/mol. The summed E-state index contributed by atoms with van der Waals surface area (Å²) < 4.78 is 48.4. The van der Waals surface area contributed by atoms with Gasteiger partial charge in [-0.1, -0.05) is 0 Å². The van der Waals surface area contributed by atoms with Gasteiger partial charge in [0.15, 0.2) is 9.84 Å². The molecular weight excluding hydrogens is 266 g/mol. The van der Waals surface area contributed by atoms with Crippen LogP contribution in [0.25, 0.3) is 0 Å². The third kappa shape index (κ3) is 3.43. The van der Waals surface area contributed by atoms with E-state index in [0.29, 0.717) is 0 Å². The third-order valence-corrected chi connectivity index (χ3v) is 4.22. The molecule has 0 aliphatic rings. The van der Waals surface area contributed by atoms with Crippen molar-refractivity contribution in [2.24, 2.45) is 15.9 Å². The maximum Gasteiger partial charge on any atom is 0.285 e. The fraction of sp³-hybridized carbons (Fsp3) is 0.125. The number of hydrogen-bond acceptors (Lipinski definition) is 4. The van der Waals surface area contributed by atoms with Crippen LogP contribution in [0, 0.1) is 0 Å². The topological polar surface area (TPSA) is 133 Å². The predicted octanol–water partition coefficient (Wildman–Crippen LogP) is -0.948. The van der Waals surface area contributed by atoms with E-state index >= 15 is 0 Å². The van der Waals surface area contributed by atoms with Crippen molar-refractivity contribution in [3.63, 3.8) is 0 Å². The molecule has 9 heteroatoms. The van der Waals surface area contributed by atoms with Gasteiger partial charge in [-0.3, -0.25) is 0 Å². The van der Waals surface area contributed by atoms with Crippen LogP contribution in [0.4, 0.5) is 0 Å². The number of benzene rings is 1. The van der Waals surface area contributed by atoms with E-state index < -0.39 is 25.8 Å². The van der Waals surface area contributed by atoms with E-state index in [0.717, 1.165) is 18.4 Å². The summed E-state index contributed by atoms with van der Waals surface area (Å²) in [4.78, 5) is -0.167. The molecule has 0 bridgehead atoms. The smallest absolute Gasteiger partial charge is 0.285 e. The van der Waals surface area contributed by atoms with E-state index in [9.17, 15) is 16.8 Å². The molecule has 0 aromatic heterocycles. The first kappa shape index (κ1) is 13.5. The van der Waals surface area contributed by atoms with Crippen molar-refractivity contribution in [3.8, 4) is 0 Å². The van der Waals surface area contributed by atoms with Crippen LogP contribution in [0.1, 0.15) is 0 Å². The first-order valence-electron chi connectivity index (χ1n) is 4.29. The van der Waals surface area contributed by atoms with Gasteiger partial charge in [-0.05, 0) is 24.3 Å². The lowest BCUT2D eigenvalue weighted by atomic mass is 10.4. The van der Waals surface area contributed by atoms with E-state index in [4.69, 9.17) is 11.5 Å². The van der Waals surface area contributed by atoms with Gasteiger partial charge in [0, 0.05) is 6.26 Å². The number of hydrogen-bond donors (Lipinski definition) is 2. The van der Waals surface area contributed by atoms with Crippen LogP contribution in [-0.4, -0.2) is 29.1 Å². The first-order chi connectivity index (χ1) is 7.63. The number of sulfone groups is 1. The Morgan fingerprint density at radius 3 is 1.76 bits per heavy atom. The Hall–Kier alpha value is -1.61. The maximum atomic E-state index is 11.5. The summed E-state index contributed by atoms with van der Waals surface area (Å²) in [6.45, 7) is 0. The molecule has 0 aliphatic carbocycles. The zero-order chi connectivity index (χ0) is 13.3. The molecule has 0 radical (unpaired) electrons. The molecule has 0 fully saturated rings. The highest BCUT2D eigenvalue weighted by atomic mass is 32.2. The minimum atomic E-state index is -3.98. The van der Waals surface area contributed by atoms with Crippen molar-refractivity contribution in [2.45, 2.75) is 9.79 Å². The molecule has 0 aliphatic heterocycles. The molecule has 0 saturated heterocycles. The molecule has 1 aromatic rings. The summed E-state index contributed by atoms with van der Waals surface area (Å²) in [5.41, 5.74) is 9.94. The molecule has 94 valence electrons. The molecule has 0 amide bonds. The summed E-state index contributed by atoms with van der Waals surface area (Å²) in [5, 5.41) is 0. The van der Waals surface area contributed by atoms with Gasteiger partial charge in [0.25, 0.3) is 10.0 Å². The first-order valence-corrected chi connectivity index (χ1v) is 7.62. The van der Waals surface area contributed by atoms with Crippen molar-refractivity contribution in [1.29, 1.82) is 0 Å². The van der Waals surface area contributed by atoms with Crippen molar-refractivity contribution in [3.05, 3.63) is 24.3 Å². The van der Waals surface area contributed by atoms with Crippen LogP contribution >= 0.6 is 0 Å². The summed E-state index contributed by atoms with van der Waals surface area (Å²) in [6.07, 6.45) is 1.02.